The zero-order valence-corrected chi connectivity index (χ0v) is 15.8. The molecule has 0 unspecified atom stereocenters. The van der Waals surface area contributed by atoms with E-state index in [0.717, 1.165) is 37.2 Å². The van der Waals surface area contributed by atoms with E-state index in [1.807, 2.05) is 35.2 Å². The molecule has 4 nitrogen and oxygen atoms in total. The molecule has 1 aliphatic carbocycles. The summed E-state index contributed by atoms with van der Waals surface area (Å²) < 4.78 is 11.7. The second-order valence-electron chi connectivity index (χ2n) is 7.53. The third-order valence-corrected chi connectivity index (χ3v) is 5.68. The molecular formula is C24H23NO3. The molecule has 1 amide bonds. The van der Waals surface area contributed by atoms with Crippen molar-refractivity contribution >= 4 is 11.6 Å². The van der Waals surface area contributed by atoms with Crippen LogP contribution in [0.25, 0.3) is 0 Å². The van der Waals surface area contributed by atoms with Crippen molar-refractivity contribution < 1.29 is 13.9 Å². The zero-order chi connectivity index (χ0) is 18.9. The molecule has 0 fully saturated rings. The Kier molecular flexibility index (Phi) is 4.40. The van der Waals surface area contributed by atoms with Crippen molar-refractivity contribution in [3.8, 4) is 5.75 Å². The summed E-state index contributed by atoms with van der Waals surface area (Å²) >= 11 is 0. The number of furan rings is 1. The van der Waals surface area contributed by atoms with Crippen molar-refractivity contribution in [3.05, 3.63) is 82.8 Å². The quantitative estimate of drug-likeness (QED) is 0.650. The van der Waals surface area contributed by atoms with Gasteiger partial charge in [0.25, 0.3) is 5.91 Å². The fraction of sp³-hybridized carbons (Fsp3) is 0.292. The molecule has 2 heterocycles. The standard InChI is InChI=1S/C24H23NO3/c26-24(25-14-4-8-18-5-1-2-9-22(18)25)23-13-12-21(28-23)16-27-20-11-10-17-6-3-7-19(17)15-20/h1-2,5,9-13,15H,3-4,6-8,14,16H2. The lowest BCUT2D eigenvalue weighted by atomic mass is 10.0. The van der Waals surface area contributed by atoms with Gasteiger partial charge in [0.15, 0.2) is 5.76 Å². The number of rotatable bonds is 4. The molecule has 0 saturated carbocycles. The summed E-state index contributed by atoms with van der Waals surface area (Å²) in [6, 6.07) is 18.0. The highest BCUT2D eigenvalue weighted by molar-refractivity contribution is 6.04. The van der Waals surface area contributed by atoms with Gasteiger partial charge in [-0.3, -0.25) is 4.79 Å². The number of para-hydroxylation sites is 1. The lowest BCUT2D eigenvalue weighted by Gasteiger charge is -2.28. The molecular weight excluding hydrogens is 350 g/mol. The SMILES string of the molecule is O=C(c1ccc(COc2ccc3c(c2)CCC3)o1)N1CCCc2ccccc21. The van der Waals surface area contributed by atoms with Crippen LogP contribution in [0.4, 0.5) is 5.69 Å². The molecule has 0 N–H and O–H groups in total. The highest BCUT2D eigenvalue weighted by atomic mass is 16.5. The monoisotopic (exact) mass is 373 g/mol. The topological polar surface area (TPSA) is 42.7 Å². The smallest absolute Gasteiger partial charge is 0.293 e. The summed E-state index contributed by atoms with van der Waals surface area (Å²) in [5, 5.41) is 0. The number of hydrogen-bond donors (Lipinski definition) is 0. The number of benzene rings is 2. The van der Waals surface area contributed by atoms with E-state index in [2.05, 4.69) is 18.2 Å². The Labute approximate surface area is 164 Å². The van der Waals surface area contributed by atoms with E-state index in [0.29, 0.717) is 18.1 Å². The molecule has 2 aromatic carbocycles. The molecule has 0 spiro atoms. The maximum Gasteiger partial charge on any atom is 0.293 e. The number of carbonyl (C=O) groups excluding carboxylic acids is 1. The minimum atomic E-state index is -0.0871. The van der Waals surface area contributed by atoms with Gasteiger partial charge in [-0.15, -0.1) is 0 Å². The summed E-state index contributed by atoms with van der Waals surface area (Å²) in [7, 11) is 0. The Morgan fingerprint density at radius 3 is 2.75 bits per heavy atom. The first-order valence-corrected chi connectivity index (χ1v) is 10.0. The van der Waals surface area contributed by atoms with E-state index >= 15 is 0 Å². The molecule has 0 bridgehead atoms. The second-order valence-corrected chi connectivity index (χ2v) is 7.53. The van der Waals surface area contributed by atoms with Gasteiger partial charge in [0, 0.05) is 12.2 Å². The maximum absolute atomic E-state index is 13.0. The summed E-state index contributed by atoms with van der Waals surface area (Å²) in [6.07, 6.45) is 5.50. The molecule has 28 heavy (non-hydrogen) atoms. The molecule has 0 radical (unpaired) electrons. The third-order valence-electron chi connectivity index (χ3n) is 5.68. The Balaban J connectivity index is 1.28. The van der Waals surface area contributed by atoms with Gasteiger partial charge in [0.1, 0.15) is 18.1 Å². The van der Waals surface area contributed by atoms with Crippen LogP contribution in [0.2, 0.25) is 0 Å². The van der Waals surface area contributed by atoms with E-state index in [-0.39, 0.29) is 5.91 Å². The van der Waals surface area contributed by atoms with Crippen LogP contribution in [-0.4, -0.2) is 12.5 Å². The summed E-state index contributed by atoms with van der Waals surface area (Å²) in [5.74, 6) is 1.80. The van der Waals surface area contributed by atoms with Crippen molar-refractivity contribution in [3.63, 3.8) is 0 Å². The Hall–Kier alpha value is -3.01. The van der Waals surface area contributed by atoms with Crippen LogP contribution in [0.5, 0.6) is 5.75 Å². The molecule has 4 heteroatoms. The van der Waals surface area contributed by atoms with Crippen LogP contribution in [0.3, 0.4) is 0 Å². The number of ether oxygens (including phenoxy) is 1. The van der Waals surface area contributed by atoms with Gasteiger partial charge in [-0.1, -0.05) is 24.3 Å². The van der Waals surface area contributed by atoms with Gasteiger partial charge >= 0.3 is 0 Å². The van der Waals surface area contributed by atoms with Gasteiger partial charge < -0.3 is 14.1 Å². The maximum atomic E-state index is 13.0. The number of nitrogens with zero attached hydrogens (tertiary/aromatic N) is 1. The fourth-order valence-corrected chi connectivity index (χ4v) is 4.24. The van der Waals surface area contributed by atoms with Crippen molar-refractivity contribution in [2.24, 2.45) is 0 Å². The number of fused-ring (bicyclic) bond motifs is 2. The van der Waals surface area contributed by atoms with Crippen molar-refractivity contribution in [1.82, 2.24) is 0 Å². The molecule has 142 valence electrons. The number of amides is 1. The number of carbonyl (C=O) groups is 1. The fourth-order valence-electron chi connectivity index (χ4n) is 4.24. The summed E-state index contributed by atoms with van der Waals surface area (Å²) in [4.78, 5) is 14.8. The third kappa shape index (κ3) is 3.19. The molecule has 1 aromatic heterocycles. The molecule has 1 aliphatic heterocycles. The van der Waals surface area contributed by atoms with Crippen LogP contribution in [0.15, 0.2) is 59.0 Å². The minimum Gasteiger partial charge on any atom is -0.486 e. The Morgan fingerprint density at radius 2 is 1.79 bits per heavy atom. The van der Waals surface area contributed by atoms with Crippen LogP contribution >= 0.6 is 0 Å². The highest BCUT2D eigenvalue weighted by Crippen LogP contribution is 2.29. The van der Waals surface area contributed by atoms with Gasteiger partial charge in [-0.25, -0.2) is 0 Å². The summed E-state index contributed by atoms with van der Waals surface area (Å²) in [5.41, 5.74) is 5.02. The van der Waals surface area contributed by atoms with E-state index in [1.54, 1.807) is 6.07 Å². The largest absolute Gasteiger partial charge is 0.486 e. The van der Waals surface area contributed by atoms with Crippen molar-refractivity contribution in [2.45, 2.75) is 38.7 Å². The average molecular weight is 373 g/mol. The van der Waals surface area contributed by atoms with E-state index in [4.69, 9.17) is 9.15 Å². The molecule has 2 aliphatic rings. The van der Waals surface area contributed by atoms with Crippen LogP contribution < -0.4 is 9.64 Å². The molecule has 0 atom stereocenters. The predicted molar refractivity (Wildman–Crippen MR) is 108 cm³/mol. The summed E-state index contributed by atoms with van der Waals surface area (Å²) in [6.45, 7) is 1.04. The first-order chi connectivity index (χ1) is 13.8. The van der Waals surface area contributed by atoms with Crippen molar-refractivity contribution in [2.75, 3.05) is 11.4 Å². The van der Waals surface area contributed by atoms with Gasteiger partial charge in [-0.05, 0) is 79.1 Å². The van der Waals surface area contributed by atoms with Gasteiger partial charge in [0.2, 0.25) is 0 Å². The highest BCUT2D eigenvalue weighted by Gasteiger charge is 2.25. The first kappa shape index (κ1) is 17.1. The van der Waals surface area contributed by atoms with Crippen LogP contribution in [0, 0.1) is 0 Å². The van der Waals surface area contributed by atoms with Crippen molar-refractivity contribution in [1.29, 1.82) is 0 Å². The zero-order valence-electron chi connectivity index (χ0n) is 15.8. The van der Waals surface area contributed by atoms with E-state index in [1.165, 1.54) is 29.5 Å². The van der Waals surface area contributed by atoms with Gasteiger partial charge in [0.05, 0.1) is 0 Å². The molecule has 3 aromatic rings. The van der Waals surface area contributed by atoms with Crippen LogP contribution in [0.1, 0.15) is 45.8 Å². The van der Waals surface area contributed by atoms with E-state index in [9.17, 15) is 4.79 Å². The first-order valence-electron chi connectivity index (χ1n) is 10.0. The lowest BCUT2D eigenvalue weighted by molar-refractivity contribution is 0.0954. The number of aryl methyl sites for hydroxylation is 3. The number of hydrogen-bond acceptors (Lipinski definition) is 3. The number of anilines is 1. The second kappa shape index (κ2) is 7.19. The van der Waals surface area contributed by atoms with E-state index < -0.39 is 0 Å². The molecule has 0 saturated heterocycles. The Morgan fingerprint density at radius 1 is 0.929 bits per heavy atom. The molecule has 5 rings (SSSR count). The normalized spacial score (nSPS) is 15.2. The van der Waals surface area contributed by atoms with Crippen LogP contribution in [-0.2, 0) is 25.9 Å². The minimum absolute atomic E-state index is 0.0871. The predicted octanol–water partition coefficient (Wildman–Crippen LogP) is 4.94. The average Bonchev–Trinajstić information content (AvgIpc) is 3.40. The lowest BCUT2D eigenvalue weighted by Crippen LogP contribution is -2.35. The Bertz CT molecular complexity index is 1020. The van der Waals surface area contributed by atoms with Gasteiger partial charge in [-0.2, -0.15) is 0 Å².